The van der Waals surface area contributed by atoms with Gasteiger partial charge in [-0.05, 0) is 31.4 Å². The molecule has 0 aromatic carbocycles. The van der Waals surface area contributed by atoms with Crippen molar-refractivity contribution in [1.82, 2.24) is 9.88 Å². The lowest BCUT2D eigenvalue weighted by atomic mass is 10.1. The Morgan fingerprint density at radius 2 is 2.19 bits per heavy atom. The van der Waals surface area contributed by atoms with Gasteiger partial charge in [-0.3, -0.25) is 9.69 Å². The molecule has 9 heteroatoms. The van der Waals surface area contributed by atoms with Crippen LogP contribution >= 0.6 is 24.0 Å². The van der Waals surface area contributed by atoms with Gasteiger partial charge in [-0.1, -0.05) is 24.0 Å². The predicted octanol–water partition coefficient (Wildman–Crippen LogP) is 3.53. The van der Waals surface area contributed by atoms with Crippen LogP contribution in [0, 0.1) is 11.3 Å². The first-order chi connectivity index (χ1) is 13.2. The topological polar surface area (TPSA) is 86.5 Å². The van der Waals surface area contributed by atoms with E-state index < -0.39 is 0 Å². The smallest absolute Gasteiger partial charge is 0.266 e. The lowest BCUT2D eigenvalue weighted by Gasteiger charge is -2.25. The first kappa shape index (κ1) is 17.8. The van der Waals surface area contributed by atoms with E-state index in [9.17, 15) is 10.1 Å². The van der Waals surface area contributed by atoms with E-state index in [0.29, 0.717) is 20.9 Å². The van der Waals surface area contributed by atoms with Gasteiger partial charge in [0.15, 0.2) is 0 Å². The lowest BCUT2D eigenvalue weighted by Crippen LogP contribution is -2.29. The number of piperidine rings is 1. The van der Waals surface area contributed by atoms with E-state index in [1.54, 1.807) is 24.5 Å². The molecule has 2 aliphatic rings. The highest BCUT2D eigenvalue weighted by Crippen LogP contribution is 2.34. The molecule has 0 aliphatic carbocycles. The Kier molecular flexibility index (Phi) is 5.01. The highest BCUT2D eigenvalue weighted by atomic mass is 32.2. The van der Waals surface area contributed by atoms with Gasteiger partial charge >= 0.3 is 0 Å². The third-order valence-electron chi connectivity index (χ3n) is 4.40. The number of furan rings is 1. The molecule has 27 heavy (non-hydrogen) atoms. The van der Waals surface area contributed by atoms with E-state index in [1.807, 2.05) is 4.90 Å². The number of amides is 1. The average molecular weight is 400 g/mol. The van der Waals surface area contributed by atoms with Gasteiger partial charge in [0.2, 0.25) is 17.5 Å². The predicted molar refractivity (Wildman–Crippen MR) is 105 cm³/mol. The molecule has 4 heterocycles. The molecule has 0 spiro atoms. The summed E-state index contributed by atoms with van der Waals surface area (Å²) in [5.74, 6) is 1.15. The van der Waals surface area contributed by atoms with Crippen LogP contribution in [0.1, 0.15) is 36.6 Å². The number of nitrogens with zero attached hydrogens (tertiary/aromatic N) is 4. The number of nitriles is 1. The first-order valence-corrected chi connectivity index (χ1v) is 9.82. The minimum absolute atomic E-state index is 0.224. The molecule has 7 nitrogen and oxygen atoms in total. The summed E-state index contributed by atoms with van der Waals surface area (Å²) < 4.78 is 11.5. The van der Waals surface area contributed by atoms with Crippen LogP contribution in [-0.2, 0) is 11.3 Å². The number of thioether (sulfide) groups is 1. The number of hydrogen-bond donors (Lipinski definition) is 0. The molecule has 2 aliphatic heterocycles. The minimum atomic E-state index is -0.224. The third-order valence-corrected chi connectivity index (χ3v) is 5.77. The fraction of sp³-hybridized carbons (Fsp3) is 0.333. The number of carbonyl (C=O) groups is 1. The molecule has 0 radical (unpaired) electrons. The Labute approximate surface area is 165 Å². The van der Waals surface area contributed by atoms with Crippen molar-refractivity contribution in [3.05, 3.63) is 40.6 Å². The van der Waals surface area contributed by atoms with Crippen molar-refractivity contribution in [2.45, 2.75) is 25.8 Å². The Morgan fingerprint density at radius 1 is 1.37 bits per heavy atom. The van der Waals surface area contributed by atoms with Gasteiger partial charge in [0.1, 0.15) is 16.2 Å². The number of hydrogen-bond acceptors (Lipinski definition) is 8. The van der Waals surface area contributed by atoms with Crippen LogP contribution < -0.4 is 4.90 Å². The molecule has 2 aromatic heterocycles. The summed E-state index contributed by atoms with van der Waals surface area (Å²) in [4.78, 5) is 20.8. The molecule has 2 fully saturated rings. The van der Waals surface area contributed by atoms with Crippen LogP contribution in [0.2, 0.25) is 0 Å². The van der Waals surface area contributed by atoms with Crippen LogP contribution in [-0.4, -0.2) is 33.2 Å². The molecular formula is C18H16N4O3S2. The fourth-order valence-electron chi connectivity index (χ4n) is 3.08. The monoisotopic (exact) mass is 400 g/mol. The zero-order valence-electron chi connectivity index (χ0n) is 14.4. The Morgan fingerprint density at radius 3 is 2.89 bits per heavy atom. The Hall–Kier alpha value is -2.57. The lowest BCUT2D eigenvalue weighted by molar-refractivity contribution is -0.122. The summed E-state index contributed by atoms with van der Waals surface area (Å²) in [5, 5.41) is 9.37. The van der Waals surface area contributed by atoms with E-state index in [1.165, 1.54) is 23.1 Å². The second-order valence-electron chi connectivity index (χ2n) is 6.21. The highest BCUT2D eigenvalue weighted by Gasteiger charge is 2.33. The fourth-order valence-corrected chi connectivity index (χ4v) is 4.30. The summed E-state index contributed by atoms with van der Waals surface area (Å²) in [7, 11) is 0. The van der Waals surface area contributed by atoms with Gasteiger partial charge in [-0.15, -0.1) is 0 Å². The minimum Gasteiger partial charge on any atom is -0.467 e. The molecule has 0 bridgehead atoms. The number of carbonyl (C=O) groups excluding carboxylic acids is 1. The molecule has 0 atom stereocenters. The van der Waals surface area contributed by atoms with E-state index in [2.05, 4.69) is 11.1 Å². The molecule has 2 saturated heterocycles. The third kappa shape index (κ3) is 3.63. The summed E-state index contributed by atoms with van der Waals surface area (Å²) >= 11 is 6.50. The van der Waals surface area contributed by atoms with E-state index >= 15 is 0 Å². The van der Waals surface area contributed by atoms with Crippen LogP contribution in [0.15, 0.2) is 32.1 Å². The molecule has 138 valence electrons. The second-order valence-corrected chi connectivity index (χ2v) is 7.89. The Bertz CT molecular complexity index is 936. The Balaban J connectivity index is 1.56. The second kappa shape index (κ2) is 7.58. The molecule has 0 N–H and O–H groups in total. The molecule has 1 amide bonds. The van der Waals surface area contributed by atoms with E-state index in [0.717, 1.165) is 25.9 Å². The molecule has 0 saturated carbocycles. The maximum Gasteiger partial charge on any atom is 0.266 e. The van der Waals surface area contributed by atoms with Crippen molar-refractivity contribution in [3.63, 3.8) is 0 Å². The average Bonchev–Trinajstić information content (AvgIpc) is 3.40. The number of rotatable bonds is 4. The number of oxazole rings is 1. The summed E-state index contributed by atoms with van der Waals surface area (Å²) in [5.41, 5.74) is 0.245. The standard InChI is InChI=1S/C18H16N4O3S2/c19-10-13-17(21-6-2-1-3-7-21)25-15(20-13)9-14-16(23)22(18(26)27-14)11-12-5-4-8-24-12/h4-5,8-9H,1-3,6-7,11H2/b14-9+. The number of aromatic nitrogens is 1. The molecular weight excluding hydrogens is 384 g/mol. The quantitative estimate of drug-likeness (QED) is 0.569. The van der Waals surface area contributed by atoms with Gasteiger partial charge in [0, 0.05) is 19.2 Å². The van der Waals surface area contributed by atoms with Gasteiger partial charge in [0.25, 0.3) is 5.91 Å². The van der Waals surface area contributed by atoms with Crippen LogP contribution in [0.4, 0.5) is 5.88 Å². The molecule has 0 unspecified atom stereocenters. The number of thiocarbonyl (C=S) groups is 1. The van der Waals surface area contributed by atoms with Crippen molar-refractivity contribution >= 4 is 46.2 Å². The molecule has 2 aromatic rings. The van der Waals surface area contributed by atoms with Gasteiger partial charge < -0.3 is 13.7 Å². The van der Waals surface area contributed by atoms with E-state index in [4.69, 9.17) is 21.1 Å². The van der Waals surface area contributed by atoms with Crippen molar-refractivity contribution in [2.24, 2.45) is 0 Å². The highest BCUT2D eigenvalue weighted by molar-refractivity contribution is 8.26. The van der Waals surface area contributed by atoms with Crippen LogP contribution in [0.5, 0.6) is 0 Å². The van der Waals surface area contributed by atoms with Gasteiger partial charge in [-0.2, -0.15) is 10.2 Å². The van der Waals surface area contributed by atoms with Crippen molar-refractivity contribution < 1.29 is 13.6 Å². The van der Waals surface area contributed by atoms with Crippen LogP contribution in [0.25, 0.3) is 6.08 Å². The first-order valence-electron chi connectivity index (χ1n) is 8.59. The van der Waals surface area contributed by atoms with Gasteiger partial charge in [-0.25, -0.2) is 0 Å². The summed E-state index contributed by atoms with van der Waals surface area (Å²) in [6.07, 6.45) is 6.41. The van der Waals surface area contributed by atoms with Crippen molar-refractivity contribution in [3.8, 4) is 6.07 Å². The van der Waals surface area contributed by atoms with Crippen LogP contribution in [0.3, 0.4) is 0 Å². The summed E-state index contributed by atoms with van der Waals surface area (Å²) in [6.45, 7) is 1.96. The van der Waals surface area contributed by atoms with Gasteiger partial charge in [0.05, 0.1) is 17.7 Å². The zero-order chi connectivity index (χ0) is 18.8. The normalized spacial score (nSPS) is 19.1. The largest absolute Gasteiger partial charge is 0.467 e. The number of anilines is 1. The van der Waals surface area contributed by atoms with Crippen molar-refractivity contribution in [2.75, 3.05) is 18.0 Å². The zero-order valence-corrected chi connectivity index (χ0v) is 16.0. The van der Waals surface area contributed by atoms with E-state index in [-0.39, 0.29) is 24.0 Å². The molecule has 4 rings (SSSR count). The maximum atomic E-state index is 12.7. The maximum absolute atomic E-state index is 12.7. The summed E-state index contributed by atoms with van der Waals surface area (Å²) in [6, 6.07) is 5.64. The van der Waals surface area contributed by atoms with Crippen molar-refractivity contribution in [1.29, 1.82) is 5.26 Å². The SMILES string of the molecule is N#Cc1nc(/C=C2/SC(=S)N(Cc3ccco3)C2=O)oc1N1CCCCC1.